The van der Waals surface area contributed by atoms with Gasteiger partial charge in [0.05, 0.1) is 0 Å². The van der Waals surface area contributed by atoms with E-state index in [1.807, 2.05) is 73.7 Å². The predicted octanol–water partition coefficient (Wildman–Crippen LogP) is 4.55. The number of rotatable bonds is 3. The topological polar surface area (TPSA) is 70.2 Å². The molecule has 0 bridgehead atoms. The van der Waals surface area contributed by atoms with Crippen molar-refractivity contribution in [1.82, 2.24) is 5.32 Å². The van der Waals surface area contributed by atoms with Crippen LogP contribution in [0.4, 0.5) is 16.2 Å². The molecule has 134 valence electrons. The first-order chi connectivity index (χ1) is 13.1. The second-order valence-corrected chi connectivity index (χ2v) is 6.54. The highest BCUT2D eigenvalue weighted by Crippen LogP contribution is 2.30. The SMILES string of the molecule is Cc1ccc(NC(=O)Nc2ccc(-c3cccc4c3CNC4=O)cc2)cc1. The number of anilines is 2. The van der Waals surface area contributed by atoms with Crippen LogP contribution in [0.2, 0.25) is 0 Å². The van der Waals surface area contributed by atoms with E-state index >= 15 is 0 Å². The van der Waals surface area contributed by atoms with E-state index in [0.29, 0.717) is 12.2 Å². The van der Waals surface area contributed by atoms with Crippen molar-refractivity contribution in [3.63, 3.8) is 0 Å². The largest absolute Gasteiger partial charge is 0.348 e. The van der Waals surface area contributed by atoms with Crippen LogP contribution in [0.15, 0.2) is 66.7 Å². The quantitative estimate of drug-likeness (QED) is 0.643. The Morgan fingerprint density at radius 3 is 2.11 bits per heavy atom. The fourth-order valence-corrected chi connectivity index (χ4v) is 3.19. The second kappa shape index (κ2) is 6.96. The van der Waals surface area contributed by atoms with Gasteiger partial charge in [-0.3, -0.25) is 4.79 Å². The van der Waals surface area contributed by atoms with Crippen LogP contribution in [-0.2, 0) is 6.54 Å². The van der Waals surface area contributed by atoms with Crippen molar-refractivity contribution in [3.05, 3.63) is 83.4 Å². The van der Waals surface area contributed by atoms with Gasteiger partial charge in [-0.15, -0.1) is 0 Å². The van der Waals surface area contributed by atoms with Crippen LogP contribution in [0.25, 0.3) is 11.1 Å². The van der Waals surface area contributed by atoms with Crippen LogP contribution in [-0.4, -0.2) is 11.9 Å². The monoisotopic (exact) mass is 357 g/mol. The van der Waals surface area contributed by atoms with E-state index < -0.39 is 0 Å². The standard InChI is InChI=1S/C22H19N3O2/c1-14-5-9-16(10-6-14)24-22(27)25-17-11-7-15(8-12-17)18-3-2-4-19-20(18)13-23-21(19)26/h2-12H,13H2,1H3,(H,23,26)(H2,24,25,27). The number of hydrogen-bond donors (Lipinski definition) is 3. The molecule has 0 unspecified atom stereocenters. The van der Waals surface area contributed by atoms with Crippen molar-refractivity contribution >= 4 is 23.3 Å². The number of carbonyl (C=O) groups excluding carboxylic acids is 2. The summed E-state index contributed by atoms with van der Waals surface area (Å²) in [5.74, 6) is -0.0297. The zero-order chi connectivity index (χ0) is 18.8. The minimum Gasteiger partial charge on any atom is -0.348 e. The molecule has 0 atom stereocenters. The molecule has 0 saturated carbocycles. The van der Waals surface area contributed by atoms with Crippen LogP contribution >= 0.6 is 0 Å². The molecular weight excluding hydrogens is 338 g/mol. The van der Waals surface area contributed by atoms with Gasteiger partial charge in [0, 0.05) is 23.5 Å². The molecule has 3 aromatic rings. The van der Waals surface area contributed by atoms with Gasteiger partial charge in [-0.1, -0.05) is 42.0 Å². The Morgan fingerprint density at radius 2 is 1.44 bits per heavy atom. The minimum atomic E-state index is -0.290. The number of hydrogen-bond acceptors (Lipinski definition) is 2. The van der Waals surface area contributed by atoms with Crippen molar-refractivity contribution in [2.45, 2.75) is 13.5 Å². The van der Waals surface area contributed by atoms with E-state index in [0.717, 1.165) is 33.5 Å². The van der Waals surface area contributed by atoms with Gasteiger partial charge in [0.15, 0.2) is 0 Å². The summed E-state index contributed by atoms with van der Waals surface area (Å²) >= 11 is 0. The van der Waals surface area contributed by atoms with Crippen LogP contribution < -0.4 is 16.0 Å². The van der Waals surface area contributed by atoms with E-state index in [1.54, 1.807) is 0 Å². The zero-order valence-corrected chi connectivity index (χ0v) is 14.9. The van der Waals surface area contributed by atoms with Gasteiger partial charge in [0.2, 0.25) is 0 Å². The van der Waals surface area contributed by atoms with Gasteiger partial charge < -0.3 is 16.0 Å². The predicted molar refractivity (Wildman–Crippen MR) is 107 cm³/mol. The molecule has 5 heteroatoms. The van der Waals surface area contributed by atoms with Gasteiger partial charge >= 0.3 is 6.03 Å². The molecule has 1 aliphatic heterocycles. The smallest absolute Gasteiger partial charge is 0.323 e. The molecule has 5 nitrogen and oxygen atoms in total. The summed E-state index contributed by atoms with van der Waals surface area (Å²) in [5.41, 5.74) is 6.36. The molecule has 3 amide bonds. The van der Waals surface area contributed by atoms with Crippen LogP contribution in [0.3, 0.4) is 0 Å². The Labute approximate surface area is 157 Å². The number of urea groups is 1. The molecule has 1 aliphatic rings. The number of nitrogens with one attached hydrogen (secondary N) is 3. The first kappa shape index (κ1) is 16.8. The third kappa shape index (κ3) is 3.53. The lowest BCUT2D eigenvalue weighted by molar-refractivity contribution is 0.0965. The van der Waals surface area contributed by atoms with E-state index in [1.165, 1.54) is 0 Å². The molecule has 1 heterocycles. The molecule has 27 heavy (non-hydrogen) atoms. The maximum atomic E-state index is 12.1. The van der Waals surface area contributed by atoms with Crippen molar-refractivity contribution in [1.29, 1.82) is 0 Å². The summed E-state index contributed by atoms with van der Waals surface area (Å²) in [6.07, 6.45) is 0. The minimum absolute atomic E-state index is 0.0297. The second-order valence-electron chi connectivity index (χ2n) is 6.54. The van der Waals surface area contributed by atoms with Crippen molar-refractivity contribution in [3.8, 4) is 11.1 Å². The van der Waals surface area contributed by atoms with Gasteiger partial charge in [-0.2, -0.15) is 0 Å². The van der Waals surface area contributed by atoms with Crippen molar-refractivity contribution in [2.24, 2.45) is 0 Å². The molecule has 0 spiro atoms. The first-order valence-corrected chi connectivity index (χ1v) is 8.75. The maximum Gasteiger partial charge on any atom is 0.323 e. The molecule has 0 radical (unpaired) electrons. The highest BCUT2D eigenvalue weighted by molar-refractivity contribution is 6.01. The van der Waals surface area contributed by atoms with Crippen LogP contribution in [0.5, 0.6) is 0 Å². The summed E-state index contributed by atoms with van der Waals surface area (Å²) in [7, 11) is 0. The lowest BCUT2D eigenvalue weighted by atomic mass is 9.97. The molecule has 0 saturated heterocycles. The van der Waals surface area contributed by atoms with Gasteiger partial charge in [0.25, 0.3) is 5.91 Å². The normalized spacial score (nSPS) is 12.3. The van der Waals surface area contributed by atoms with Gasteiger partial charge in [-0.05, 0) is 53.9 Å². The molecule has 3 aromatic carbocycles. The Hall–Kier alpha value is -3.60. The first-order valence-electron chi connectivity index (χ1n) is 8.75. The summed E-state index contributed by atoms with van der Waals surface area (Å²) in [4.78, 5) is 24.0. The van der Waals surface area contributed by atoms with E-state index in [-0.39, 0.29) is 11.9 Å². The maximum absolute atomic E-state index is 12.1. The molecule has 0 aromatic heterocycles. The van der Waals surface area contributed by atoms with Crippen molar-refractivity contribution in [2.75, 3.05) is 10.6 Å². The molecule has 0 fully saturated rings. The summed E-state index contributed by atoms with van der Waals surface area (Å²) < 4.78 is 0. The summed E-state index contributed by atoms with van der Waals surface area (Å²) in [6.45, 7) is 2.54. The Bertz CT molecular complexity index is 1010. The number of benzene rings is 3. The number of carbonyl (C=O) groups is 2. The lowest BCUT2D eigenvalue weighted by Crippen LogP contribution is -2.19. The van der Waals surface area contributed by atoms with E-state index in [2.05, 4.69) is 16.0 Å². The van der Waals surface area contributed by atoms with Crippen LogP contribution in [0, 0.1) is 6.92 Å². The molecule has 3 N–H and O–H groups in total. The Balaban J connectivity index is 1.47. The highest BCUT2D eigenvalue weighted by atomic mass is 16.2. The van der Waals surface area contributed by atoms with E-state index in [9.17, 15) is 9.59 Å². The third-order valence-electron chi connectivity index (χ3n) is 4.61. The highest BCUT2D eigenvalue weighted by Gasteiger charge is 2.21. The molecule has 0 aliphatic carbocycles. The van der Waals surface area contributed by atoms with Gasteiger partial charge in [0.1, 0.15) is 0 Å². The fourth-order valence-electron chi connectivity index (χ4n) is 3.19. The number of amides is 3. The Kier molecular flexibility index (Phi) is 4.34. The third-order valence-corrected chi connectivity index (χ3v) is 4.61. The average molecular weight is 357 g/mol. The zero-order valence-electron chi connectivity index (χ0n) is 14.9. The molecule has 4 rings (SSSR count). The molecular formula is C22H19N3O2. The van der Waals surface area contributed by atoms with Gasteiger partial charge in [-0.25, -0.2) is 4.79 Å². The Morgan fingerprint density at radius 1 is 0.852 bits per heavy atom. The summed E-state index contributed by atoms with van der Waals surface area (Å²) in [6, 6.07) is 20.7. The lowest BCUT2D eigenvalue weighted by Gasteiger charge is -2.10. The van der Waals surface area contributed by atoms with Crippen molar-refractivity contribution < 1.29 is 9.59 Å². The number of fused-ring (bicyclic) bond motifs is 1. The average Bonchev–Trinajstić information content (AvgIpc) is 3.06. The fraction of sp³-hybridized carbons (Fsp3) is 0.0909. The number of aryl methyl sites for hydroxylation is 1. The summed E-state index contributed by atoms with van der Waals surface area (Å²) in [5, 5.41) is 8.49. The van der Waals surface area contributed by atoms with Crippen LogP contribution in [0.1, 0.15) is 21.5 Å². The van der Waals surface area contributed by atoms with E-state index in [4.69, 9.17) is 0 Å².